The second-order valence-electron chi connectivity index (χ2n) is 5.96. The van der Waals surface area contributed by atoms with Crippen LogP contribution in [0.4, 0.5) is 0 Å². The minimum Gasteiger partial charge on any atom is -0.459 e. The molecule has 1 aliphatic rings. The molecule has 2 aromatic rings. The first-order valence-corrected chi connectivity index (χ1v) is 9.27. The van der Waals surface area contributed by atoms with Gasteiger partial charge in [0, 0.05) is 20.5 Å². The molecule has 0 spiro atoms. The lowest BCUT2D eigenvalue weighted by Gasteiger charge is -2.10. The lowest BCUT2D eigenvalue weighted by atomic mass is 10.0. The summed E-state index contributed by atoms with van der Waals surface area (Å²) in [5.74, 6) is -0.631. The van der Waals surface area contributed by atoms with Crippen LogP contribution in [0, 0.1) is 5.92 Å². The average Bonchev–Trinajstić information content (AvgIpc) is 3.25. The van der Waals surface area contributed by atoms with Crippen LogP contribution in [0.25, 0.3) is 16.2 Å². The van der Waals surface area contributed by atoms with Crippen molar-refractivity contribution in [3.8, 4) is 0 Å². The molecule has 1 saturated carbocycles. The Labute approximate surface area is 147 Å². The number of halogens is 1. The molecule has 0 aliphatic heterocycles. The molecule has 1 aromatic heterocycles. The third-order valence-corrected chi connectivity index (χ3v) is 5.63. The van der Waals surface area contributed by atoms with E-state index in [-0.39, 0.29) is 23.4 Å². The van der Waals surface area contributed by atoms with Gasteiger partial charge in [-0.1, -0.05) is 12.1 Å². The predicted octanol–water partition coefficient (Wildman–Crippen LogP) is 4.98. The Hall–Kier alpha value is -1.46. The number of carbonyl (C=O) groups is 2. The molecule has 0 unspecified atom stereocenters. The van der Waals surface area contributed by atoms with Crippen LogP contribution in [0.2, 0.25) is 0 Å². The number of Topliss-reactive ketones (excluding diaryl/α,β-unsaturated/α-hetero) is 1. The summed E-state index contributed by atoms with van der Waals surface area (Å²) in [6.45, 7) is 3.57. The Morgan fingerprint density at radius 1 is 1.35 bits per heavy atom. The van der Waals surface area contributed by atoms with E-state index >= 15 is 0 Å². The minimum atomic E-state index is -0.522. The first kappa shape index (κ1) is 16.4. The van der Waals surface area contributed by atoms with E-state index in [1.165, 1.54) is 0 Å². The summed E-state index contributed by atoms with van der Waals surface area (Å²) in [4.78, 5) is 24.8. The number of carbonyl (C=O) groups excluding carboxylic acids is 2. The Morgan fingerprint density at radius 3 is 2.74 bits per heavy atom. The van der Waals surface area contributed by atoms with Gasteiger partial charge in [0.05, 0.1) is 6.10 Å². The van der Waals surface area contributed by atoms with Crippen LogP contribution in [-0.2, 0) is 14.3 Å². The van der Waals surface area contributed by atoms with Gasteiger partial charge < -0.3 is 4.74 Å². The molecule has 3 nitrogen and oxygen atoms in total. The fourth-order valence-corrected chi connectivity index (χ4v) is 3.96. The second-order valence-corrected chi connectivity index (χ2v) is 7.69. The van der Waals surface area contributed by atoms with Crippen LogP contribution in [0.3, 0.4) is 0 Å². The number of hydrogen-bond donors (Lipinski definition) is 0. The number of thiophene rings is 1. The zero-order valence-corrected chi connectivity index (χ0v) is 15.4. The highest BCUT2D eigenvalue weighted by atomic mass is 79.9. The van der Waals surface area contributed by atoms with E-state index in [0.717, 1.165) is 33.0 Å². The molecule has 0 N–H and O–H groups in total. The smallest absolute Gasteiger partial charge is 0.342 e. The van der Waals surface area contributed by atoms with Crippen LogP contribution in [-0.4, -0.2) is 17.9 Å². The molecular weight excluding hydrogens is 376 g/mol. The third kappa shape index (κ3) is 3.56. The molecule has 1 heterocycles. The van der Waals surface area contributed by atoms with E-state index in [2.05, 4.69) is 15.9 Å². The van der Waals surface area contributed by atoms with Gasteiger partial charge in [-0.2, -0.15) is 0 Å². The summed E-state index contributed by atoms with van der Waals surface area (Å²) in [6.07, 6.45) is 3.17. The Bertz CT molecular complexity index is 800. The number of rotatable bonds is 5. The van der Waals surface area contributed by atoms with Crippen molar-refractivity contribution in [3.05, 3.63) is 39.2 Å². The molecule has 0 saturated heterocycles. The van der Waals surface area contributed by atoms with E-state index in [1.807, 2.05) is 23.6 Å². The highest BCUT2D eigenvalue weighted by Crippen LogP contribution is 2.36. The van der Waals surface area contributed by atoms with Crippen molar-refractivity contribution in [2.24, 2.45) is 5.92 Å². The van der Waals surface area contributed by atoms with Gasteiger partial charge in [-0.15, -0.1) is 11.3 Å². The van der Waals surface area contributed by atoms with Gasteiger partial charge in [0.1, 0.15) is 5.57 Å². The van der Waals surface area contributed by atoms with Crippen molar-refractivity contribution in [1.82, 2.24) is 0 Å². The van der Waals surface area contributed by atoms with Crippen molar-refractivity contribution in [1.29, 1.82) is 0 Å². The largest absolute Gasteiger partial charge is 0.459 e. The minimum absolute atomic E-state index is 0.0161. The number of fused-ring (bicyclic) bond motifs is 1. The van der Waals surface area contributed by atoms with Gasteiger partial charge in [0.15, 0.2) is 5.78 Å². The fourth-order valence-electron chi connectivity index (χ4n) is 2.38. The Kier molecular flexibility index (Phi) is 4.69. The quantitative estimate of drug-likeness (QED) is 0.312. The molecule has 0 atom stereocenters. The second kappa shape index (κ2) is 6.57. The summed E-state index contributed by atoms with van der Waals surface area (Å²) in [7, 11) is 0. The van der Waals surface area contributed by atoms with Gasteiger partial charge in [0.2, 0.25) is 0 Å². The Balaban J connectivity index is 2.03. The van der Waals surface area contributed by atoms with E-state index < -0.39 is 5.97 Å². The fraction of sp³-hybridized carbons (Fsp3) is 0.333. The SMILES string of the molecule is CC(C)OC(=O)/C(=C\c1csc2c(Br)cccc12)C(=O)C1CC1. The number of benzene rings is 1. The topological polar surface area (TPSA) is 43.4 Å². The Morgan fingerprint density at radius 2 is 2.09 bits per heavy atom. The van der Waals surface area contributed by atoms with E-state index in [9.17, 15) is 9.59 Å². The molecule has 0 amide bonds. The van der Waals surface area contributed by atoms with Gasteiger partial charge in [-0.05, 0) is 65.7 Å². The van der Waals surface area contributed by atoms with Crippen LogP contribution < -0.4 is 0 Å². The summed E-state index contributed by atoms with van der Waals surface area (Å²) in [6, 6.07) is 5.93. The van der Waals surface area contributed by atoms with Crippen molar-refractivity contribution in [2.75, 3.05) is 0 Å². The van der Waals surface area contributed by atoms with E-state index in [0.29, 0.717) is 0 Å². The average molecular weight is 393 g/mol. The van der Waals surface area contributed by atoms with Crippen LogP contribution in [0.5, 0.6) is 0 Å². The highest BCUT2D eigenvalue weighted by molar-refractivity contribution is 9.10. The summed E-state index contributed by atoms with van der Waals surface area (Å²) in [5, 5.41) is 3.00. The van der Waals surface area contributed by atoms with Crippen LogP contribution in [0.1, 0.15) is 32.3 Å². The van der Waals surface area contributed by atoms with Crippen molar-refractivity contribution >= 4 is 55.2 Å². The number of ether oxygens (including phenoxy) is 1. The summed E-state index contributed by atoms with van der Waals surface area (Å²) < 4.78 is 7.38. The molecule has 1 fully saturated rings. The van der Waals surface area contributed by atoms with Gasteiger partial charge >= 0.3 is 5.97 Å². The maximum atomic E-state index is 12.5. The molecular formula is C18H17BrO3S. The van der Waals surface area contributed by atoms with E-state index in [4.69, 9.17) is 4.74 Å². The normalized spacial score (nSPS) is 15.2. The molecule has 1 aromatic carbocycles. The zero-order chi connectivity index (χ0) is 16.6. The van der Waals surface area contributed by atoms with E-state index in [1.54, 1.807) is 31.3 Å². The van der Waals surface area contributed by atoms with Crippen molar-refractivity contribution in [2.45, 2.75) is 32.8 Å². The maximum absolute atomic E-state index is 12.5. The monoisotopic (exact) mass is 392 g/mol. The summed E-state index contributed by atoms with van der Waals surface area (Å²) in [5.41, 5.74) is 1.05. The van der Waals surface area contributed by atoms with Crippen molar-refractivity contribution < 1.29 is 14.3 Å². The first-order chi connectivity index (χ1) is 11.0. The molecule has 5 heteroatoms. The zero-order valence-electron chi connectivity index (χ0n) is 13.0. The standard InChI is InChI=1S/C18H17BrO3S/c1-10(2)22-18(21)14(16(20)11-6-7-11)8-12-9-23-17-13(12)4-3-5-15(17)19/h3-5,8-11H,6-7H2,1-2H3/b14-8-. The van der Waals surface area contributed by atoms with Gasteiger partial charge in [0.25, 0.3) is 0 Å². The molecule has 1 aliphatic carbocycles. The molecule has 3 rings (SSSR count). The molecule has 0 radical (unpaired) electrons. The number of esters is 1. The van der Waals surface area contributed by atoms with Crippen LogP contribution >= 0.6 is 27.3 Å². The molecule has 0 bridgehead atoms. The summed E-state index contributed by atoms with van der Waals surface area (Å²) >= 11 is 5.12. The highest BCUT2D eigenvalue weighted by Gasteiger charge is 2.35. The first-order valence-electron chi connectivity index (χ1n) is 7.60. The van der Waals surface area contributed by atoms with Gasteiger partial charge in [-0.3, -0.25) is 4.79 Å². The van der Waals surface area contributed by atoms with Crippen molar-refractivity contribution in [3.63, 3.8) is 0 Å². The lowest BCUT2D eigenvalue weighted by Crippen LogP contribution is -2.20. The molecule has 23 heavy (non-hydrogen) atoms. The number of ketones is 1. The number of hydrogen-bond acceptors (Lipinski definition) is 4. The van der Waals surface area contributed by atoms with Gasteiger partial charge in [-0.25, -0.2) is 4.79 Å². The lowest BCUT2D eigenvalue weighted by molar-refractivity contribution is -0.143. The maximum Gasteiger partial charge on any atom is 0.342 e. The third-order valence-electron chi connectivity index (χ3n) is 3.66. The predicted molar refractivity (Wildman–Crippen MR) is 96.5 cm³/mol. The molecule has 120 valence electrons. The van der Waals surface area contributed by atoms with Crippen LogP contribution in [0.15, 0.2) is 33.6 Å².